The lowest BCUT2D eigenvalue weighted by atomic mass is 9.87. The van der Waals surface area contributed by atoms with Gasteiger partial charge >= 0.3 is 0 Å². The van der Waals surface area contributed by atoms with Gasteiger partial charge in [-0.2, -0.15) is 0 Å². The molecular formula is C10H20N2. The molecule has 70 valence electrons. The summed E-state index contributed by atoms with van der Waals surface area (Å²) in [6.45, 7) is 9.41. The summed E-state index contributed by atoms with van der Waals surface area (Å²) in [6, 6.07) is 1.48. The molecule has 2 fully saturated rings. The number of hydrogen-bond donors (Lipinski definition) is 1. The highest BCUT2D eigenvalue weighted by Crippen LogP contribution is 2.33. The third kappa shape index (κ3) is 1.27. The van der Waals surface area contributed by atoms with Crippen molar-refractivity contribution < 1.29 is 0 Å². The van der Waals surface area contributed by atoms with E-state index < -0.39 is 0 Å². The lowest BCUT2D eigenvalue weighted by Gasteiger charge is -2.50. The first-order valence-electron chi connectivity index (χ1n) is 5.13. The predicted molar refractivity (Wildman–Crippen MR) is 51.3 cm³/mol. The summed E-state index contributed by atoms with van der Waals surface area (Å²) >= 11 is 0. The molecule has 0 aromatic heterocycles. The Morgan fingerprint density at radius 1 is 1.42 bits per heavy atom. The Bertz CT molecular complexity index is 171. The second-order valence-electron chi connectivity index (χ2n) is 4.86. The van der Waals surface area contributed by atoms with Crippen LogP contribution >= 0.6 is 0 Å². The first-order chi connectivity index (χ1) is 5.61. The highest BCUT2D eigenvalue weighted by atomic mass is 15.3. The maximum Gasteiger partial charge on any atom is 0.0440 e. The van der Waals surface area contributed by atoms with E-state index in [1.807, 2.05) is 0 Å². The van der Waals surface area contributed by atoms with Crippen LogP contribution in [0.25, 0.3) is 0 Å². The first kappa shape index (κ1) is 8.52. The molecule has 1 N–H and O–H groups in total. The van der Waals surface area contributed by atoms with Crippen molar-refractivity contribution in [2.24, 2.45) is 0 Å². The maximum absolute atomic E-state index is 3.71. The van der Waals surface area contributed by atoms with Gasteiger partial charge in [0.05, 0.1) is 0 Å². The number of likely N-dealkylation sites (tertiary alicyclic amines) is 1. The number of nitrogens with zero attached hydrogens (tertiary/aromatic N) is 1. The zero-order chi connectivity index (χ0) is 8.77. The minimum atomic E-state index is 0.518. The van der Waals surface area contributed by atoms with E-state index in [1.54, 1.807) is 0 Å². The number of hydrogen-bond acceptors (Lipinski definition) is 2. The van der Waals surface area contributed by atoms with Gasteiger partial charge in [-0.25, -0.2) is 0 Å². The summed E-state index contributed by atoms with van der Waals surface area (Å²) in [5.74, 6) is 0. The van der Waals surface area contributed by atoms with Crippen LogP contribution in [0.1, 0.15) is 33.6 Å². The van der Waals surface area contributed by atoms with Crippen LogP contribution in [-0.2, 0) is 0 Å². The van der Waals surface area contributed by atoms with Gasteiger partial charge in [-0.1, -0.05) is 0 Å². The van der Waals surface area contributed by atoms with Crippen molar-refractivity contribution in [3.63, 3.8) is 0 Å². The minimum absolute atomic E-state index is 0.518. The molecule has 2 nitrogen and oxygen atoms in total. The molecule has 0 aliphatic carbocycles. The molecule has 1 atom stereocenters. The Kier molecular flexibility index (Phi) is 1.92. The number of nitrogens with one attached hydrogen (secondary N) is 1. The molecule has 12 heavy (non-hydrogen) atoms. The van der Waals surface area contributed by atoms with E-state index in [0.29, 0.717) is 5.54 Å². The molecular weight excluding hydrogens is 148 g/mol. The van der Waals surface area contributed by atoms with Gasteiger partial charge < -0.3 is 5.32 Å². The van der Waals surface area contributed by atoms with Crippen LogP contribution in [0.15, 0.2) is 0 Å². The second-order valence-corrected chi connectivity index (χ2v) is 4.86. The molecule has 0 aromatic carbocycles. The monoisotopic (exact) mass is 168 g/mol. The van der Waals surface area contributed by atoms with Crippen molar-refractivity contribution in [1.29, 1.82) is 0 Å². The zero-order valence-electron chi connectivity index (χ0n) is 8.43. The van der Waals surface area contributed by atoms with E-state index in [9.17, 15) is 0 Å². The van der Waals surface area contributed by atoms with Gasteiger partial charge in [0.25, 0.3) is 0 Å². The molecule has 0 radical (unpaired) electrons. The Balaban J connectivity index is 1.87. The third-order valence-corrected chi connectivity index (χ3v) is 3.35. The van der Waals surface area contributed by atoms with Crippen molar-refractivity contribution in [3.05, 3.63) is 0 Å². The van der Waals surface area contributed by atoms with Gasteiger partial charge in [-0.05, 0) is 33.6 Å². The molecule has 0 saturated carbocycles. The van der Waals surface area contributed by atoms with E-state index in [0.717, 1.165) is 12.1 Å². The van der Waals surface area contributed by atoms with E-state index in [-0.39, 0.29) is 0 Å². The molecule has 0 aromatic rings. The van der Waals surface area contributed by atoms with Gasteiger partial charge in [-0.3, -0.25) is 4.90 Å². The van der Waals surface area contributed by atoms with Crippen LogP contribution in [-0.4, -0.2) is 35.6 Å². The molecule has 2 saturated heterocycles. The fourth-order valence-corrected chi connectivity index (χ4v) is 2.51. The van der Waals surface area contributed by atoms with Crippen LogP contribution in [0.3, 0.4) is 0 Å². The van der Waals surface area contributed by atoms with E-state index in [4.69, 9.17) is 0 Å². The minimum Gasteiger partial charge on any atom is -0.306 e. The first-order valence-corrected chi connectivity index (χ1v) is 5.13. The normalized spacial score (nSPS) is 34.5. The van der Waals surface area contributed by atoms with Crippen LogP contribution in [0.4, 0.5) is 0 Å². The Morgan fingerprint density at radius 2 is 2.08 bits per heavy atom. The van der Waals surface area contributed by atoms with Gasteiger partial charge in [0, 0.05) is 30.7 Å². The van der Waals surface area contributed by atoms with Crippen LogP contribution in [0.5, 0.6) is 0 Å². The molecule has 2 aliphatic rings. The molecule has 0 bridgehead atoms. The molecule has 2 rings (SSSR count). The Hall–Kier alpha value is -0.0800. The SMILES string of the molecule is CC1CCC2(CN(C(C)C)C2)N1. The highest BCUT2D eigenvalue weighted by molar-refractivity contribution is 5.08. The quantitative estimate of drug-likeness (QED) is 0.633. The molecule has 1 spiro atoms. The van der Waals surface area contributed by atoms with Crippen LogP contribution in [0, 0.1) is 0 Å². The maximum atomic E-state index is 3.71. The van der Waals surface area contributed by atoms with Crippen molar-refractivity contribution in [2.75, 3.05) is 13.1 Å². The van der Waals surface area contributed by atoms with Crippen molar-refractivity contribution in [1.82, 2.24) is 10.2 Å². The second kappa shape index (κ2) is 2.71. The molecule has 0 amide bonds. The lowest BCUT2D eigenvalue weighted by molar-refractivity contribution is 0.0266. The summed E-state index contributed by atoms with van der Waals surface area (Å²) in [5, 5.41) is 3.71. The van der Waals surface area contributed by atoms with E-state index >= 15 is 0 Å². The average Bonchev–Trinajstić information content (AvgIpc) is 2.27. The summed E-state index contributed by atoms with van der Waals surface area (Å²) in [5.41, 5.74) is 0.518. The smallest absolute Gasteiger partial charge is 0.0440 e. The number of rotatable bonds is 1. The lowest BCUT2D eigenvalue weighted by Crippen LogP contribution is -2.68. The predicted octanol–water partition coefficient (Wildman–Crippen LogP) is 1.22. The molecule has 2 aliphatic heterocycles. The Labute approximate surface area is 75.3 Å². The zero-order valence-corrected chi connectivity index (χ0v) is 8.43. The standard InChI is InChI=1S/C10H20N2/c1-8(2)12-6-10(7-12)5-4-9(3)11-10/h8-9,11H,4-7H2,1-3H3. The van der Waals surface area contributed by atoms with Gasteiger partial charge in [0.15, 0.2) is 0 Å². The van der Waals surface area contributed by atoms with Gasteiger partial charge in [0.1, 0.15) is 0 Å². The van der Waals surface area contributed by atoms with Crippen molar-refractivity contribution >= 4 is 0 Å². The third-order valence-electron chi connectivity index (χ3n) is 3.35. The van der Waals surface area contributed by atoms with Crippen LogP contribution < -0.4 is 5.32 Å². The Morgan fingerprint density at radius 3 is 2.50 bits per heavy atom. The summed E-state index contributed by atoms with van der Waals surface area (Å²) < 4.78 is 0. The van der Waals surface area contributed by atoms with Crippen LogP contribution in [0.2, 0.25) is 0 Å². The molecule has 2 heteroatoms. The fraction of sp³-hybridized carbons (Fsp3) is 1.00. The average molecular weight is 168 g/mol. The van der Waals surface area contributed by atoms with E-state index in [2.05, 4.69) is 31.0 Å². The molecule has 2 heterocycles. The molecule has 1 unspecified atom stereocenters. The summed E-state index contributed by atoms with van der Waals surface area (Å²) in [6.07, 6.45) is 2.75. The van der Waals surface area contributed by atoms with Crippen molar-refractivity contribution in [3.8, 4) is 0 Å². The largest absolute Gasteiger partial charge is 0.306 e. The van der Waals surface area contributed by atoms with Gasteiger partial charge in [0.2, 0.25) is 0 Å². The van der Waals surface area contributed by atoms with Crippen molar-refractivity contribution in [2.45, 2.75) is 51.2 Å². The topological polar surface area (TPSA) is 15.3 Å². The summed E-state index contributed by atoms with van der Waals surface area (Å²) in [4.78, 5) is 2.55. The highest BCUT2D eigenvalue weighted by Gasteiger charge is 2.47. The van der Waals surface area contributed by atoms with Gasteiger partial charge in [-0.15, -0.1) is 0 Å². The fourth-order valence-electron chi connectivity index (χ4n) is 2.51. The summed E-state index contributed by atoms with van der Waals surface area (Å²) in [7, 11) is 0. The van der Waals surface area contributed by atoms with E-state index in [1.165, 1.54) is 25.9 Å².